The summed E-state index contributed by atoms with van der Waals surface area (Å²) < 4.78 is 1.99. The van der Waals surface area contributed by atoms with Crippen molar-refractivity contribution >= 4 is 23.7 Å². The molecule has 1 aliphatic rings. The van der Waals surface area contributed by atoms with E-state index in [0.29, 0.717) is 5.92 Å². The predicted molar refractivity (Wildman–Crippen MR) is 107 cm³/mol. The molecule has 2 atom stereocenters. The summed E-state index contributed by atoms with van der Waals surface area (Å²) in [4.78, 5) is 3.66. The van der Waals surface area contributed by atoms with E-state index in [2.05, 4.69) is 47.7 Å². The van der Waals surface area contributed by atoms with Crippen molar-refractivity contribution in [3.8, 4) is 16.3 Å². The van der Waals surface area contributed by atoms with Crippen molar-refractivity contribution < 1.29 is 0 Å². The van der Waals surface area contributed by atoms with Gasteiger partial charge in [-0.15, -0.1) is 23.7 Å². The van der Waals surface area contributed by atoms with Crippen molar-refractivity contribution in [2.24, 2.45) is 11.7 Å². The number of thiophene rings is 1. The first-order chi connectivity index (χ1) is 11.7. The summed E-state index contributed by atoms with van der Waals surface area (Å²) in [5.74, 6) is 0.555. The van der Waals surface area contributed by atoms with Crippen LogP contribution in [0.1, 0.15) is 12.5 Å². The van der Waals surface area contributed by atoms with Crippen LogP contribution in [0.5, 0.6) is 0 Å². The number of likely N-dealkylation sites (tertiary alicyclic amines) is 1. The molecule has 1 saturated heterocycles. The maximum absolute atomic E-state index is 6.19. The van der Waals surface area contributed by atoms with Crippen molar-refractivity contribution in [2.75, 3.05) is 13.1 Å². The average molecular weight is 375 g/mol. The molecular weight excluding hydrogens is 352 g/mol. The van der Waals surface area contributed by atoms with Gasteiger partial charge >= 0.3 is 0 Å². The number of nitrogens with zero attached hydrogens (tertiary/aromatic N) is 3. The second kappa shape index (κ2) is 7.70. The minimum absolute atomic E-state index is 0. The molecule has 1 aliphatic heterocycles. The standard InChI is InChI=1S/C19H22N4S.ClH/c1-14-10-22(13-17(14)20)11-15-12-23(16-6-3-2-4-7-16)21-19(15)18-8-5-9-24-18;/h2-9,12,14,17H,10-11,13,20H2,1H3;1H. The van der Waals surface area contributed by atoms with E-state index < -0.39 is 0 Å². The second-order valence-electron chi connectivity index (χ2n) is 6.60. The summed E-state index contributed by atoms with van der Waals surface area (Å²) in [5.41, 5.74) is 9.63. The van der Waals surface area contributed by atoms with Crippen LogP contribution in [-0.2, 0) is 6.54 Å². The minimum Gasteiger partial charge on any atom is -0.326 e. The quantitative estimate of drug-likeness (QED) is 0.755. The molecule has 4 rings (SSSR count). The van der Waals surface area contributed by atoms with E-state index in [1.165, 1.54) is 10.4 Å². The molecule has 3 aromatic rings. The maximum Gasteiger partial charge on any atom is 0.107 e. The number of halogens is 1. The van der Waals surface area contributed by atoms with Crippen LogP contribution < -0.4 is 5.73 Å². The van der Waals surface area contributed by atoms with Crippen LogP contribution in [-0.4, -0.2) is 33.8 Å². The van der Waals surface area contributed by atoms with Gasteiger partial charge in [-0.05, 0) is 29.5 Å². The normalized spacial score (nSPS) is 20.6. The molecule has 0 saturated carbocycles. The van der Waals surface area contributed by atoms with Crippen molar-refractivity contribution in [1.29, 1.82) is 0 Å². The molecule has 1 aromatic carbocycles. The average Bonchev–Trinajstić information content (AvgIpc) is 3.30. The zero-order chi connectivity index (χ0) is 16.5. The van der Waals surface area contributed by atoms with Crippen molar-refractivity contribution in [3.05, 3.63) is 59.6 Å². The summed E-state index contributed by atoms with van der Waals surface area (Å²) >= 11 is 1.74. The fraction of sp³-hybridized carbons (Fsp3) is 0.316. The number of aromatic nitrogens is 2. The highest BCUT2D eigenvalue weighted by Gasteiger charge is 2.27. The van der Waals surface area contributed by atoms with Crippen LogP contribution in [0, 0.1) is 5.92 Å². The van der Waals surface area contributed by atoms with Crippen molar-refractivity contribution in [3.63, 3.8) is 0 Å². The summed E-state index contributed by atoms with van der Waals surface area (Å²) in [6.45, 7) is 5.15. The Morgan fingerprint density at radius 2 is 1.96 bits per heavy atom. The van der Waals surface area contributed by atoms with E-state index in [1.807, 2.05) is 22.9 Å². The van der Waals surface area contributed by atoms with Gasteiger partial charge in [-0.25, -0.2) is 4.68 Å². The Hall–Kier alpha value is -1.66. The van der Waals surface area contributed by atoms with Gasteiger partial charge in [0.15, 0.2) is 0 Å². The molecular formula is C19H23ClN4S. The summed E-state index contributed by atoms with van der Waals surface area (Å²) in [7, 11) is 0. The lowest BCUT2D eigenvalue weighted by Gasteiger charge is -2.14. The molecule has 2 N–H and O–H groups in total. The Balaban J connectivity index is 0.00000182. The Bertz CT molecular complexity index is 790. The largest absolute Gasteiger partial charge is 0.326 e. The zero-order valence-electron chi connectivity index (χ0n) is 14.2. The van der Waals surface area contributed by atoms with Crippen LogP contribution in [0.2, 0.25) is 0 Å². The Morgan fingerprint density at radius 3 is 2.60 bits per heavy atom. The highest BCUT2D eigenvalue weighted by atomic mass is 35.5. The van der Waals surface area contributed by atoms with E-state index in [0.717, 1.165) is 31.0 Å². The summed E-state index contributed by atoms with van der Waals surface area (Å²) in [6, 6.07) is 14.8. The predicted octanol–water partition coefficient (Wildman–Crippen LogP) is 3.80. The molecule has 0 spiro atoms. The monoisotopic (exact) mass is 374 g/mol. The lowest BCUT2D eigenvalue weighted by molar-refractivity contribution is 0.319. The number of hydrogen-bond acceptors (Lipinski definition) is 4. The Labute approximate surface area is 158 Å². The molecule has 1 fully saturated rings. The van der Waals surface area contributed by atoms with Crippen molar-refractivity contribution in [1.82, 2.24) is 14.7 Å². The molecule has 2 unspecified atom stereocenters. The van der Waals surface area contributed by atoms with Gasteiger partial charge in [0.25, 0.3) is 0 Å². The van der Waals surface area contributed by atoms with Gasteiger partial charge in [-0.1, -0.05) is 31.2 Å². The number of rotatable bonds is 4. The van der Waals surface area contributed by atoms with E-state index in [-0.39, 0.29) is 18.4 Å². The summed E-state index contributed by atoms with van der Waals surface area (Å²) in [6.07, 6.45) is 2.17. The molecule has 0 amide bonds. The third kappa shape index (κ3) is 3.80. The Morgan fingerprint density at radius 1 is 1.16 bits per heavy atom. The van der Waals surface area contributed by atoms with E-state index in [4.69, 9.17) is 10.8 Å². The second-order valence-corrected chi connectivity index (χ2v) is 7.54. The van der Waals surface area contributed by atoms with Gasteiger partial charge in [-0.3, -0.25) is 4.90 Å². The Kier molecular flexibility index (Phi) is 5.59. The number of nitrogens with two attached hydrogens (primary N) is 1. The third-order valence-electron chi connectivity index (χ3n) is 4.71. The lowest BCUT2D eigenvalue weighted by atomic mass is 10.1. The zero-order valence-corrected chi connectivity index (χ0v) is 15.8. The number of benzene rings is 1. The highest BCUT2D eigenvalue weighted by molar-refractivity contribution is 7.13. The van der Waals surface area contributed by atoms with Crippen LogP contribution in [0.25, 0.3) is 16.3 Å². The van der Waals surface area contributed by atoms with Crippen LogP contribution in [0.4, 0.5) is 0 Å². The van der Waals surface area contributed by atoms with Gasteiger partial charge in [0.1, 0.15) is 5.69 Å². The van der Waals surface area contributed by atoms with Crippen LogP contribution >= 0.6 is 23.7 Å². The number of hydrogen-bond donors (Lipinski definition) is 1. The SMILES string of the molecule is CC1CN(Cc2cn(-c3ccccc3)nc2-c2cccs2)CC1N.Cl. The molecule has 4 nitrogen and oxygen atoms in total. The molecule has 0 radical (unpaired) electrons. The lowest BCUT2D eigenvalue weighted by Crippen LogP contribution is -2.28. The maximum atomic E-state index is 6.19. The first-order valence-electron chi connectivity index (χ1n) is 8.36. The smallest absolute Gasteiger partial charge is 0.107 e. The molecule has 6 heteroatoms. The van der Waals surface area contributed by atoms with Gasteiger partial charge in [-0.2, -0.15) is 5.10 Å². The van der Waals surface area contributed by atoms with Gasteiger partial charge in [0.2, 0.25) is 0 Å². The topological polar surface area (TPSA) is 47.1 Å². The highest BCUT2D eigenvalue weighted by Crippen LogP contribution is 2.29. The minimum atomic E-state index is 0. The molecule has 0 bridgehead atoms. The van der Waals surface area contributed by atoms with Crippen LogP contribution in [0.15, 0.2) is 54.0 Å². The fourth-order valence-electron chi connectivity index (χ4n) is 3.32. The number of para-hydroxylation sites is 1. The molecule has 0 aliphatic carbocycles. The van der Waals surface area contributed by atoms with E-state index in [9.17, 15) is 0 Å². The first kappa shape index (κ1) is 18.1. The fourth-order valence-corrected chi connectivity index (χ4v) is 4.07. The van der Waals surface area contributed by atoms with E-state index in [1.54, 1.807) is 11.3 Å². The van der Waals surface area contributed by atoms with Gasteiger partial charge in [0.05, 0.1) is 10.6 Å². The molecule has 3 heterocycles. The van der Waals surface area contributed by atoms with Crippen LogP contribution in [0.3, 0.4) is 0 Å². The van der Waals surface area contributed by atoms with Gasteiger partial charge < -0.3 is 5.73 Å². The molecule has 2 aromatic heterocycles. The molecule has 132 valence electrons. The van der Waals surface area contributed by atoms with Crippen molar-refractivity contribution in [2.45, 2.75) is 19.5 Å². The first-order valence-corrected chi connectivity index (χ1v) is 9.24. The molecule has 25 heavy (non-hydrogen) atoms. The third-order valence-corrected chi connectivity index (χ3v) is 5.58. The van der Waals surface area contributed by atoms with E-state index >= 15 is 0 Å². The summed E-state index contributed by atoms with van der Waals surface area (Å²) in [5, 5.41) is 6.98. The van der Waals surface area contributed by atoms with Gasteiger partial charge in [0, 0.05) is 37.4 Å².